The number of hydrogen-bond acceptors (Lipinski definition) is 2. The van der Waals surface area contributed by atoms with Gasteiger partial charge in [0.1, 0.15) is 6.10 Å². The summed E-state index contributed by atoms with van der Waals surface area (Å²) in [7, 11) is 0. The van der Waals surface area contributed by atoms with E-state index in [1.54, 1.807) is 6.08 Å². The molecule has 0 spiro atoms. The third kappa shape index (κ3) is 5.04. The number of ether oxygens (including phenoxy) is 1. The van der Waals surface area contributed by atoms with E-state index in [4.69, 9.17) is 4.74 Å². The maximum Gasteiger partial charge on any atom is 0.192 e. The molecule has 0 saturated carbocycles. The summed E-state index contributed by atoms with van der Waals surface area (Å²) in [6, 6.07) is 19.5. The summed E-state index contributed by atoms with van der Waals surface area (Å²) in [5.41, 5.74) is 1.91. The van der Waals surface area contributed by atoms with Crippen LogP contribution in [0.15, 0.2) is 86.0 Å². The largest absolute Gasteiger partial charge is 0.365 e. The first-order valence-corrected chi connectivity index (χ1v) is 8.24. The molecule has 0 saturated heterocycles. The van der Waals surface area contributed by atoms with E-state index in [-0.39, 0.29) is 11.7 Å². The molecule has 24 heavy (non-hydrogen) atoms. The van der Waals surface area contributed by atoms with Crippen molar-refractivity contribution >= 4 is 5.78 Å². The molecule has 2 nitrogen and oxygen atoms in total. The van der Waals surface area contributed by atoms with Crippen LogP contribution in [0.5, 0.6) is 0 Å². The average molecular weight is 320 g/mol. The fourth-order valence-electron chi connectivity index (χ4n) is 2.70. The number of carbonyl (C=O) groups excluding carboxylic acids is 1. The lowest BCUT2D eigenvalue weighted by Crippen LogP contribution is -2.32. The lowest BCUT2D eigenvalue weighted by molar-refractivity contribution is 0.0341. The molecular weight excluding hydrogens is 296 g/mol. The lowest BCUT2D eigenvalue weighted by Gasteiger charge is -2.23. The van der Waals surface area contributed by atoms with Gasteiger partial charge >= 0.3 is 0 Å². The Hall–Kier alpha value is -2.45. The Morgan fingerprint density at radius 2 is 1.62 bits per heavy atom. The number of Topliss-reactive ketones (excluding diaryl/α,β-unsaturated/α-hetero) is 1. The Kier molecular flexibility index (Phi) is 7.19. The molecule has 0 heterocycles. The molecule has 0 N–H and O–H groups in total. The maximum absolute atomic E-state index is 12.9. The van der Waals surface area contributed by atoms with Gasteiger partial charge in [-0.05, 0) is 18.4 Å². The van der Waals surface area contributed by atoms with Gasteiger partial charge in [-0.2, -0.15) is 0 Å². The van der Waals surface area contributed by atoms with Gasteiger partial charge in [-0.3, -0.25) is 4.79 Å². The monoisotopic (exact) mass is 320 g/mol. The predicted molar refractivity (Wildman–Crippen MR) is 99.2 cm³/mol. The molecular formula is C22H24O2. The van der Waals surface area contributed by atoms with Crippen molar-refractivity contribution in [3.63, 3.8) is 0 Å². The van der Waals surface area contributed by atoms with E-state index in [1.807, 2.05) is 54.6 Å². The molecule has 0 aromatic heterocycles. The van der Waals surface area contributed by atoms with Gasteiger partial charge in [-0.15, -0.1) is 13.2 Å². The Morgan fingerprint density at radius 3 is 2.21 bits per heavy atom. The van der Waals surface area contributed by atoms with Gasteiger partial charge in [-0.25, -0.2) is 0 Å². The van der Waals surface area contributed by atoms with Crippen LogP contribution in [-0.2, 0) is 11.2 Å². The molecule has 0 unspecified atom stereocenters. The average Bonchev–Trinajstić information content (AvgIpc) is 2.65. The smallest absolute Gasteiger partial charge is 0.192 e. The molecule has 124 valence electrons. The van der Waals surface area contributed by atoms with Gasteiger partial charge in [0.05, 0.1) is 6.61 Å². The Labute approximate surface area is 144 Å². The van der Waals surface area contributed by atoms with Crippen LogP contribution >= 0.6 is 0 Å². The Balaban J connectivity index is 2.12. The van der Waals surface area contributed by atoms with E-state index >= 15 is 0 Å². The molecule has 2 atom stereocenters. The number of carbonyl (C=O) groups is 1. The summed E-state index contributed by atoms with van der Waals surface area (Å²) in [5, 5.41) is 0. The molecule has 0 bridgehead atoms. The molecule has 2 rings (SSSR count). The summed E-state index contributed by atoms with van der Waals surface area (Å²) in [6.07, 6.45) is 4.66. The molecule has 2 heteroatoms. The zero-order chi connectivity index (χ0) is 17.2. The fraction of sp³-hybridized carbons (Fsp3) is 0.227. The second kappa shape index (κ2) is 9.64. The SMILES string of the molecule is C=CCO[C@@H](C(=O)c1ccccc1)[C@H](C=C)CCc1ccccc1. The fourth-order valence-corrected chi connectivity index (χ4v) is 2.70. The molecule has 0 amide bonds. The summed E-state index contributed by atoms with van der Waals surface area (Å²) in [4.78, 5) is 12.9. The van der Waals surface area contributed by atoms with Crippen molar-refractivity contribution in [2.45, 2.75) is 18.9 Å². The second-order valence-corrected chi connectivity index (χ2v) is 5.70. The van der Waals surface area contributed by atoms with Crippen molar-refractivity contribution in [3.05, 3.63) is 97.1 Å². The van der Waals surface area contributed by atoms with Crippen molar-refractivity contribution in [1.29, 1.82) is 0 Å². The maximum atomic E-state index is 12.9. The van der Waals surface area contributed by atoms with E-state index in [1.165, 1.54) is 5.56 Å². The van der Waals surface area contributed by atoms with Gasteiger partial charge in [0.15, 0.2) is 5.78 Å². The quantitative estimate of drug-likeness (QED) is 0.461. The molecule has 0 radical (unpaired) electrons. The first-order valence-electron chi connectivity index (χ1n) is 8.24. The van der Waals surface area contributed by atoms with Gasteiger partial charge < -0.3 is 4.74 Å². The highest BCUT2D eigenvalue weighted by molar-refractivity contribution is 5.99. The normalized spacial score (nSPS) is 13.0. The van der Waals surface area contributed by atoms with Crippen LogP contribution in [0.25, 0.3) is 0 Å². The minimum Gasteiger partial charge on any atom is -0.365 e. The van der Waals surface area contributed by atoms with Crippen molar-refractivity contribution in [2.75, 3.05) is 6.61 Å². The summed E-state index contributed by atoms with van der Waals surface area (Å²) < 4.78 is 5.81. The van der Waals surface area contributed by atoms with Crippen LogP contribution < -0.4 is 0 Å². The van der Waals surface area contributed by atoms with Crippen LogP contribution in [0.2, 0.25) is 0 Å². The molecule has 0 aliphatic heterocycles. The minimum absolute atomic E-state index is 0.00425. The lowest BCUT2D eigenvalue weighted by atomic mass is 9.89. The molecule has 0 fully saturated rings. The van der Waals surface area contributed by atoms with Crippen LogP contribution in [0.4, 0.5) is 0 Å². The number of ketones is 1. The summed E-state index contributed by atoms with van der Waals surface area (Å²) >= 11 is 0. The number of benzene rings is 2. The molecule has 0 aliphatic rings. The van der Waals surface area contributed by atoms with Gasteiger partial charge in [-0.1, -0.05) is 72.8 Å². The van der Waals surface area contributed by atoms with E-state index in [9.17, 15) is 4.79 Å². The van der Waals surface area contributed by atoms with Crippen LogP contribution in [0.3, 0.4) is 0 Å². The second-order valence-electron chi connectivity index (χ2n) is 5.70. The Morgan fingerprint density at radius 1 is 1.00 bits per heavy atom. The van der Waals surface area contributed by atoms with Crippen LogP contribution in [-0.4, -0.2) is 18.5 Å². The zero-order valence-corrected chi connectivity index (χ0v) is 13.9. The van der Waals surface area contributed by atoms with Crippen LogP contribution in [0.1, 0.15) is 22.3 Å². The van der Waals surface area contributed by atoms with E-state index < -0.39 is 6.10 Å². The highest BCUT2D eigenvalue weighted by Gasteiger charge is 2.27. The zero-order valence-electron chi connectivity index (χ0n) is 13.9. The summed E-state index contributed by atoms with van der Waals surface area (Å²) in [5.74, 6) is -0.0479. The van der Waals surface area contributed by atoms with Gasteiger partial charge in [0.25, 0.3) is 0 Å². The third-order valence-electron chi connectivity index (χ3n) is 4.01. The van der Waals surface area contributed by atoms with Crippen molar-refractivity contribution in [3.8, 4) is 0 Å². The number of hydrogen-bond donors (Lipinski definition) is 0. The summed E-state index contributed by atoms with van der Waals surface area (Å²) in [6.45, 7) is 7.95. The number of rotatable bonds is 10. The highest BCUT2D eigenvalue weighted by atomic mass is 16.5. The van der Waals surface area contributed by atoms with Crippen molar-refractivity contribution in [1.82, 2.24) is 0 Å². The first kappa shape index (κ1) is 17.9. The topological polar surface area (TPSA) is 26.3 Å². The minimum atomic E-state index is -0.536. The van der Waals surface area contributed by atoms with Gasteiger partial charge in [0.2, 0.25) is 0 Å². The predicted octanol–water partition coefficient (Wildman–Crippen LogP) is 4.88. The molecule has 2 aromatic rings. The molecule has 0 aliphatic carbocycles. The van der Waals surface area contributed by atoms with Crippen LogP contribution in [0, 0.1) is 5.92 Å². The van der Waals surface area contributed by atoms with E-state index in [0.29, 0.717) is 12.2 Å². The van der Waals surface area contributed by atoms with E-state index in [0.717, 1.165) is 12.8 Å². The first-order chi connectivity index (χ1) is 11.8. The third-order valence-corrected chi connectivity index (χ3v) is 4.01. The number of aryl methyl sites for hydroxylation is 1. The van der Waals surface area contributed by atoms with Gasteiger partial charge in [0, 0.05) is 11.5 Å². The Bertz CT molecular complexity index is 646. The van der Waals surface area contributed by atoms with E-state index in [2.05, 4.69) is 25.3 Å². The standard InChI is InChI=1S/C22H24O2/c1-3-17-24-22(21(23)20-13-9-6-10-14-20)19(4-2)16-15-18-11-7-5-8-12-18/h3-14,19,22H,1-2,15-17H2/t19-,22-/m1/s1. The van der Waals surface area contributed by atoms with Crippen molar-refractivity contribution < 1.29 is 9.53 Å². The van der Waals surface area contributed by atoms with Crippen molar-refractivity contribution in [2.24, 2.45) is 5.92 Å². The molecule has 2 aromatic carbocycles. The highest BCUT2D eigenvalue weighted by Crippen LogP contribution is 2.21.